The lowest BCUT2D eigenvalue weighted by molar-refractivity contribution is -0.368. The predicted molar refractivity (Wildman–Crippen MR) is 87.4 cm³/mol. The van der Waals surface area contributed by atoms with E-state index in [4.69, 9.17) is 0 Å². The van der Waals surface area contributed by atoms with Crippen LogP contribution < -0.4 is 5.32 Å². The number of allylic oxidation sites excluding steroid dienone is 3. The molecule has 0 saturated carbocycles. The molecule has 144 valence electrons. The van der Waals surface area contributed by atoms with Crippen molar-refractivity contribution in [1.82, 2.24) is 5.32 Å². The molecule has 0 atom stereocenters. The first-order chi connectivity index (χ1) is 11.6. The van der Waals surface area contributed by atoms with Crippen LogP contribution in [0.5, 0.6) is 0 Å². The molecule has 1 amide bonds. The van der Waals surface area contributed by atoms with Gasteiger partial charge in [-0.15, -0.1) is 19.7 Å². The first kappa shape index (κ1) is 23.3. The van der Waals surface area contributed by atoms with Crippen LogP contribution in [0.15, 0.2) is 38.0 Å². The Balaban J connectivity index is 4.99. The summed E-state index contributed by atoms with van der Waals surface area (Å²) in [5.74, 6) is -1.95. The van der Waals surface area contributed by atoms with Crippen molar-refractivity contribution < 1.29 is 31.8 Å². The normalized spacial score (nSPS) is 12.5. The second kappa shape index (κ2) is 10.4. The van der Waals surface area contributed by atoms with Crippen molar-refractivity contribution in [1.29, 1.82) is 0 Å². The van der Waals surface area contributed by atoms with E-state index in [2.05, 4.69) is 29.2 Å². The SMILES string of the molecule is C=CCC(CC=C)(CC=C)CNC(=O)C(F)(F)OC(F)(F)COCC. The number of rotatable bonds is 14. The molecular formula is C17H25F4NO3. The monoisotopic (exact) mass is 367 g/mol. The molecule has 0 unspecified atom stereocenters. The average molecular weight is 367 g/mol. The fourth-order valence-electron chi connectivity index (χ4n) is 2.24. The fraction of sp³-hybridized carbons (Fsp3) is 0.588. The Bertz CT molecular complexity index is 440. The summed E-state index contributed by atoms with van der Waals surface area (Å²) in [6, 6.07) is 0. The molecule has 0 aromatic heterocycles. The lowest BCUT2D eigenvalue weighted by Crippen LogP contribution is -2.49. The first-order valence-electron chi connectivity index (χ1n) is 7.72. The standard InChI is InChI=1S/C17H25F4NO3/c1-5-9-15(10-6-2,11-7-3)12-22-14(23)17(20,21)25-16(18,19)13-24-8-4/h5-7H,1-3,8-13H2,4H3,(H,22,23). The van der Waals surface area contributed by atoms with Crippen LogP contribution in [0.2, 0.25) is 0 Å². The van der Waals surface area contributed by atoms with Gasteiger partial charge in [-0.25, -0.2) is 4.74 Å². The molecular weight excluding hydrogens is 342 g/mol. The topological polar surface area (TPSA) is 47.6 Å². The summed E-state index contributed by atoms with van der Waals surface area (Å²) in [4.78, 5) is 11.6. The molecule has 0 bridgehead atoms. The highest BCUT2D eigenvalue weighted by atomic mass is 19.3. The molecule has 0 aliphatic rings. The highest BCUT2D eigenvalue weighted by molar-refractivity contribution is 5.81. The summed E-state index contributed by atoms with van der Waals surface area (Å²) in [5.41, 5.74) is -0.662. The molecule has 0 heterocycles. The van der Waals surface area contributed by atoms with E-state index in [1.54, 1.807) is 18.2 Å². The van der Waals surface area contributed by atoms with Crippen LogP contribution in [0.1, 0.15) is 26.2 Å². The van der Waals surface area contributed by atoms with E-state index in [-0.39, 0.29) is 13.2 Å². The van der Waals surface area contributed by atoms with Crippen LogP contribution in [0.25, 0.3) is 0 Å². The van der Waals surface area contributed by atoms with E-state index in [1.807, 2.05) is 5.32 Å². The number of halogens is 4. The second-order valence-corrected chi connectivity index (χ2v) is 5.55. The van der Waals surface area contributed by atoms with Crippen molar-refractivity contribution in [3.8, 4) is 0 Å². The lowest BCUT2D eigenvalue weighted by atomic mass is 9.78. The summed E-state index contributed by atoms with van der Waals surface area (Å²) in [7, 11) is 0. The van der Waals surface area contributed by atoms with Crippen LogP contribution >= 0.6 is 0 Å². The molecule has 0 aromatic carbocycles. The molecule has 0 aliphatic carbocycles. The van der Waals surface area contributed by atoms with Crippen LogP contribution in [-0.2, 0) is 14.3 Å². The molecule has 1 N–H and O–H groups in total. The van der Waals surface area contributed by atoms with Gasteiger partial charge in [0.2, 0.25) is 0 Å². The third-order valence-electron chi connectivity index (χ3n) is 3.37. The number of amides is 1. The van der Waals surface area contributed by atoms with Crippen molar-refractivity contribution in [3.05, 3.63) is 38.0 Å². The molecule has 0 rings (SSSR count). The zero-order valence-corrected chi connectivity index (χ0v) is 14.3. The summed E-state index contributed by atoms with van der Waals surface area (Å²) in [5, 5.41) is 1.97. The fourth-order valence-corrected chi connectivity index (χ4v) is 2.24. The smallest absolute Gasteiger partial charge is 0.373 e. The van der Waals surface area contributed by atoms with Gasteiger partial charge in [0.05, 0.1) is 0 Å². The van der Waals surface area contributed by atoms with Gasteiger partial charge in [0.25, 0.3) is 0 Å². The highest BCUT2D eigenvalue weighted by Crippen LogP contribution is 2.33. The summed E-state index contributed by atoms with van der Waals surface area (Å²) >= 11 is 0. The van der Waals surface area contributed by atoms with Gasteiger partial charge in [0.15, 0.2) is 0 Å². The van der Waals surface area contributed by atoms with Gasteiger partial charge in [0.1, 0.15) is 6.61 Å². The molecule has 0 radical (unpaired) electrons. The predicted octanol–water partition coefficient (Wildman–Crippen LogP) is 4.06. The van der Waals surface area contributed by atoms with Gasteiger partial charge < -0.3 is 10.1 Å². The Kier molecular flexibility index (Phi) is 9.66. The van der Waals surface area contributed by atoms with Gasteiger partial charge in [-0.05, 0) is 31.6 Å². The Labute approximate surface area is 145 Å². The molecule has 0 fully saturated rings. The van der Waals surface area contributed by atoms with Crippen molar-refractivity contribution in [3.63, 3.8) is 0 Å². The number of alkyl halides is 4. The Morgan fingerprint density at radius 2 is 1.52 bits per heavy atom. The van der Waals surface area contributed by atoms with E-state index >= 15 is 0 Å². The Hall–Kier alpha value is -1.67. The third-order valence-corrected chi connectivity index (χ3v) is 3.37. The minimum absolute atomic E-state index is 0.107. The maximum Gasteiger partial charge on any atom is 0.441 e. The molecule has 0 aromatic rings. The average Bonchev–Trinajstić information content (AvgIpc) is 2.50. The van der Waals surface area contributed by atoms with Gasteiger partial charge >= 0.3 is 18.1 Å². The highest BCUT2D eigenvalue weighted by Gasteiger charge is 2.50. The summed E-state index contributed by atoms with van der Waals surface area (Å²) < 4.78 is 61.5. The minimum Gasteiger partial charge on any atom is -0.373 e. The number of ether oxygens (including phenoxy) is 2. The number of hydrogen-bond donors (Lipinski definition) is 1. The quantitative estimate of drug-likeness (QED) is 0.372. The van der Waals surface area contributed by atoms with Gasteiger partial charge in [0, 0.05) is 13.2 Å². The van der Waals surface area contributed by atoms with Gasteiger partial charge in [-0.2, -0.15) is 17.6 Å². The molecule has 4 nitrogen and oxygen atoms in total. The number of nitrogens with one attached hydrogen (secondary N) is 1. The third kappa shape index (κ3) is 8.31. The van der Waals surface area contributed by atoms with E-state index in [1.165, 1.54) is 6.92 Å². The lowest BCUT2D eigenvalue weighted by Gasteiger charge is -2.32. The van der Waals surface area contributed by atoms with Crippen LogP contribution in [-0.4, -0.2) is 37.9 Å². The van der Waals surface area contributed by atoms with Crippen molar-refractivity contribution in [2.75, 3.05) is 19.8 Å². The molecule has 8 heteroatoms. The number of carbonyl (C=O) groups is 1. The van der Waals surface area contributed by atoms with E-state index in [0.29, 0.717) is 19.3 Å². The van der Waals surface area contributed by atoms with Crippen molar-refractivity contribution >= 4 is 5.91 Å². The van der Waals surface area contributed by atoms with Crippen LogP contribution in [0.4, 0.5) is 17.6 Å². The summed E-state index contributed by atoms with van der Waals surface area (Å²) in [6.07, 6.45) is -3.12. The van der Waals surface area contributed by atoms with Gasteiger partial charge in [-0.3, -0.25) is 4.79 Å². The zero-order valence-electron chi connectivity index (χ0n) is 14.3. The Morgan fingerprint density at radius 1 is 1.04 bits per heavy atom. The largest absolute Gasteiger partial charge is 0.441 e. The zero-order chi connectivity index (χ0) is 19.6. The Morgan fingerprint density at radius 3 is 1.92 bits per heavy atom. The van der Waals surface area contributed by atoms with E-state index < -0.39 is 30.1 Å². The van der Waals surface area contributed by atoms with E-state index in [0.717, 1.165) is 0 Å². The van der Waals surface area contributed by atoms with Gasteiger partial charge in [-0.1, -0.05) is 18.2 Å². The van der Waals surface area contributed by atoms with Crippen molar-refractivity contribution in [2.45, 2.75) is 38.4 Å². The van der Waals surface area contributed by atoms with E-state index in [9.17, 15) is 22.4 Å². The summed E-state index contributed by atoms with van der Waals surface area (Å²) in [6.45, 7) is 10.5. The van der Waals surface area contributed by atoms with Crippen LogP contribution in [0, 0.1) is 5.41 Å². The maximum absolute atomic E-state index is 13.6. The first-order valence-corrected chi connectivity index (χ1v) is 7.72. The molecule has 0 aliphatic heterocycles. The molecule has 25 heavy (non-hydrogen) atoms. The number of hydrogen-bond acceptors (Lipinski definition) is 3. The second-order valence-electron chi connectivity index (χ2n) is 5.55. The molecule has 0 spiro atoms. The molecule has 0 saturated heterocycles. The number of carbonyl (C=O) groups excluding carboxylic acids is 1. The maximum atomic E-state index is 13.6. The van der Waals surface area contributed by atoms with Crippen molar-refractivity contribution in [2.24, 2.45) is 5.41 Å². The van der Waals surface area contributed by atoms with Crippen LogP contribution in [0.3, 0.4) is 0 Å². The minimum atomic E-state index is -4.71.